The van der Waals surface area contributed by atoms with E-state index in [1.165, 1.54) is 6.07 Å². The summed E-state index contributed by atoms with van der Waals surface area (Å²) in [6, 6.07) is 5.30. The standard InChI is InChI=1S/C14H23FN2/c1-10(2)11(3)17(4)9-13-7-14(15)6-5-12(13)8-16/h5-7,10-11H,8-9,16H2,1-4H3. The topological polar surface area (TPSA) is 29.3 Å². The van der Waals surface area contributed by atoms with Gasteiger partial charge in [-0.15, -0.1) is 0 Å². The van der Waals surface area contributed by atoms with Crippen molar-refractivity contribution < 1.29 is 4.39 Å². The summed E-state index contributed by atoms with van der Waals surface area (Å²) in [5.41, 5.74) is 7.68. The van der Waals surface area contributed by atoms with Crippen molar-refractivity contribution in [3.05, 3.63) is 35.1 Å². The third-order valence-corrected chi connectivity index (χ3v) is 3.47. The average molecular weight is 238 g/mol. The maximum atomic E-state index is 13.2. The fourth-order valence-corrected chi connectivity index (χ4v) is 1.86. The Balaban J connectivity index is 2.83. The lowest BCUT2D eigenvalue weighted by Crippen LogP contribution is -2.33. The number of rotatable bonds is 5. The summed E-state index contributed by atoms with van der Waals surface area (Å²) >= 11 is 0. The molecule has 3 heteroatoms. The second kappa shape index (κ2) is 6.12. The van der Waals surface area contributed by atoms with Gasteiger partial charge in [-0.25, -0.2) is 4.39 Å². The van der Waals surface area contributed by atoms with E-state index in [1.807, 2.05) is 0 Å². The van der Waals surface area contributed by atoms with Gasteiger partial charge < -0.3 is 5.73 Å². The normalized spacial score (nSPS) is 13.4. The minimum absolute atomic E-state index is 0.192. The Morgan fingerprint density at radius 3 is 2.41 bits per heavy atom. The van der Waals surface area contributed by atoms with E-state index >= 15 is 0 Å². The summed E-state index contributed by atoms with van der Waals surface area (Å²) in [6.45, 7) is 7.77. The van der Waals surface area contributed by atoms with E-state index in [0.717, 1.165) is 17.7 Å². The quantitative estimate of drug-likeness (QED) is 0.854. The molecule has 17 heavy (non-hydrogen) atoms. The van der Waals surface area contributed by atoms with Crippen LogP contribution in [-0.2, 0) is 13.1 Å². The first-order valence-corrected chi connectivity index (χ1v) is 6.13. The van der Waals surface area contributed by atoms with Crippen LogP contribution in [0.4, 0.5) is 4.39 Å². The molecule has 0 aromatic heterocycles. The second-order valence-corrected chi connectivity index (χ2v) is 5.02. The maximum Gasteiger partial charge on any atom is 0.123 e. The SMILES string of the molecule is CC(C)C(C)N(C)Cc1cc(F)ccc1CN. The van der Waals surface area contributed by atoms with Gasteiger partial charge in [-0.05, 0) is 43.1 Å². The summed E-state index contributed by atoms with van der Waals surface area (Å²) in [7, 11) is 2.07. The number of hydrogen-bond donors (Lipinski definition) is 1. The minimum atomic E-state index is -0.192. The molecule has 0 aliphatic carbocycles. The van der Waals surface area contributed by atoms with Gasteiger partial charge in [-0.2, -0.15) is 0 Å². The lowest BCUT2D eigenvalue weighted by molar-refractivity contribution is 0.200. The molecule has 0 aliphatic heterocycles. The highest BCUT2D eigenvalue weighted by Gasteiger charge is 2.14. The molecule has 0 aliphatic rings. The van der Waals surface area contributed by atoms with Crippen molar-refractivity contribution in [2.24, 2.45) is 11.7 Å². The summed E-state index contributed by atoms with van der Waals surface area (Å²) in [5.74, 6) is 0.387. The number of nitrogens with zero attached hydrogens (tertiary/aromatic N) is 1. The van der Waals surface area contributed by atoms with Crippen molar-refractivity contribution >= 4 is 0 Å². The van der Waals surface area contributed by atoms with Crippen LogP contribution in [0.1, 0.15) is 31.9 Å². The van der Waals surface area contributed by atoms with Gasteiger partial charge >= 0.3 is 0 Å². The number of hydrogen-bond acceptors (Lipinski definition) is 2. The van der Waals surface area contributed by atoms with Gasteiger partial charge in [0.05, 0.1) is 0 Å². The van der Waals surface area contributed by atoms with Crippen molar-refractivity contribution in [3.63, 3.8) is 0 Å². The Hall–Kier alpha value is -0.930. The molecule has 0 saturated heterocycles. The number of benzene rings is 1. The molecule has 0 saturated carbocycles. The Kier molecular flexibility index (Phi) is 5.09. The molecule has 0 bridgehead atoms. The number of nitrogens with two attached hydrogens (primary N) is 1. The van der Waals surface area contributed by atoms with Crippen LogP contribution in [0.2, 0.25) is 0 Å². The smallest absolute Gasteiger partial charge is 0.123 e. The van der Waals surface area contributed by atoms with Gasteiger partial charge in [0.25, 0.3) is 0 Å². The molecular weight excluding hydrogens is 215 g/mol. The van der Waals surface area contributed by atoms with Crippen LogP contribution < -0.4 is 5.73 Å². The first-order valence-electron chi connectivity index (χ1n) is 6.13. The molecule has 1 unspecified atom stereocenters. The predicted molar refractivity (Wildman–Crippen MR) is 70.1 cm³/mol. The van der Waals surface area contributed by atoms with E-state index in [9.17, 15) is 4.39 Å². The first-order chi connectivity index (χ1) is 7.95. The third-order valence-electron chi connectivity index (χ3n) is 3.47. The van der Waals surface area contributed by atoms with E-state index in [0.29, 0.717) is 18.5 Å². The van der Waals surface area contributed by atoms with Gasteiger partial charge in [0.2, 0.25) is 0 Å². The zero-order valence-corrected chi connectivity index (χ0v) is 11.2. The third kappa shape index (κ3) is 3.79. The number of halogens is 1. The highest BCUT2D eigenvalue weighted by atomic mass is 19.1. The Morgan fingerprint density at radius 2 is 1.88 bits per heavy atom. The molecular formula is C14H23FN2. The molecule has 1 rings (SSSR count). The molecule has 0 radical (unpaired) electrons. The van der Waals surface area contributed by atoms with Gasteiger partial charge in [0, 0.05) is 19.1 Å². The highest BCUT2D eigenvalue weighted by Crippen LogP contribution is 2.16. The molecule has 0 spiro atoms. The Morgan fingerprint density at radius 1 is 1.24 bits per heavy atom. The van der Waals surface area contributed by atoms with Gasteiger partial charge in [-0.1, -0.05) is 19.9 Å². The van der Waals surface area contributed by atoms with Crippen molar-refractivity contribution in [1.82, 2.24) is 4.90 Å². The Labute approximate surface area is 104 Å². The van der Waals surface area contributed by atoms with Crippen LogP contribution >= 0.6 is 0 Å². The second-order valence-electron chi connectivity index (χ2n) is 5.02. The van der Waals surface area contributed by atoms with Crippen molar-refractivity contribution in [3.8, 4) is 0 Å². The van der Waals surface area contributed by atoms with Crippen LogP contribution in [0.3, 0.4) is 0 Å². The average Bonchev–Trinajstić information content (AvgIpc) is 2.28. The van der Waals surface area contributed by atoms with Gasteiger partial charge in [-0.3, -0.25) is 4.90 Å². The zero-order chi connectivity index (χ0) is 13.0. The summed E-state index contributed by atoms with van der Waals surface area (Å²) in [4.78, 5) is 2.23. The molecule has 0 heterocycles. The lowest BCUT2D eigenvalue weighted by atomic mass is 10.0. The van der Waals surface area contributed by atoms with Crippen molar-refractivity contribution in [2.75, 3.05) is 7.05 Å². The van der Waals surface area contributed by atoms with E-state index < -0.39 is 0 Å². The van der Waals surface area contributed by atoms with Crippen LogP contribution in [-0.4, -0.2) is 18.0 Å². The van der Waals surface area contributed by atoms with Crippen LogP contribution in [0, 0.1) is 11.7 Å². The van der Waals surface area contributed by atoms with Gasteiger partial charge in [0.1, 0.15) is 5.82 Å². The molecule has 0 fully saturated rings. The molecule has 2 N–H and O–H groups in total. The van der Waals surface area contributed by atoms with Crippen LogP contribution in [0.15, 0.2) is 18.2 Å². The predicted octanol–water partition coefficient (Wildman–Crippen LogP) is 2.76. The highest BCUT2D eigenvalue weighted by molar-refractivity contribution is 5.27. The minimum Gasteiger partial charge on any atom is -0.326 e. The summed E-state index contributed by atoms with van der Waals surface area (Å²) in [5, 5.41) is 0. The largest absolute Gasteiger partial charge is 0.326 e. The summed E-state index contributed by atoms with van der Waals surface area (Å²) in [6.07, 6.45) is 0. The van der Waals surface area contributed by atoms with Crippen LogP contribution in [0.5, 0.6) is 0 Å². The van der Waals surface area contributed by atoms with Crippen LogP contribution in [0.25, 0.3) is 0 Å². The Bertz CT molecular complexity index is 363. The molecule has 1 aromatic rings. The van der Waals surface area contributed by atoms with E-state index in [2.05, 4.69) is 32.7 Å². The molecule has 96 valence electrons. The fraction of sp³-hybridized carbons (Fsp3) is 0.571. The van der Waals surface area contributed by atoms with Crippen molar-refractivity contribution in [2.45, 2.75) is 39.9 Å². The monoisotopic (exact) mass is 238 g/mol. The van der Waals surface area contributed by atoms with E-state index in [-0.39, 0.29) is 5.82 Å². The molecule has 0 amide bonds. The molecule has 1 aromatic carbocycles. The molecule has 1 atom stereocenters. The zero-order valence-electron chi connectivity index (χ0n) is 11.2. The van der Waals surface area contributed by atoms with Crippen molar-refractivity contribution in [1.29, 1.82) is 0 Å². The summed E-state index contributed by atoms with van der Waals surface area (Å²) < 4.78 is 13.2. The fourth-order valence-electron chi connectivity index (χ4n) is 1.86. The van der Waals surface area contributed by atoms with E-state index in [1.54, 1.807) is 12.1 Å². The molecule has 2 nitrogen and oxygen atoms in total. The lowest BCUT2D eigenvalue weighted by Gasteiger charge is -2.28. The first kappa shape index (κ1) is 14.1. The van der Waals surface area contributed by atoms with Gasteiger partial charge in [0.15, 0.2) is 0 Å². The maximum absolute atomic E-state index is 13.2. The van der Waals surface area contributed by atoms with E-state index in [4.69, 9.17) is 5.73 Å².